The molecular weight excluding hydrogens is 769 g/mol. The van der Waals surface area contributed by atoms with Crippen LogP contribution in [-0.2, 0) is 0 Å². The summed E-state index contributed by atoms with van der Waals surface area (Å²) in [6.45, 7) is 4.07. The van der Waals surface area contributed by atoms with Gasteiger partial charge in [-0.1, -0.05) is 170 Å². The third-order valence-corrected chi connectivity index (χ3v) is 11.8. The second-order valence-corrected chi connectivity index (χ2v) is 15.9. The molecule has 0 saturated carbocycles. The number of pyridine rings is 1. The number of rotatable bonds is 8. The van der Waals surface area contributed by atoms with E-state index in [2.05, 4.69) is 189 Å². The number of fused-ring (bicyclic) bond motifs is 3. The first-order chi connectivity index (χ1) is 31.0. The molecule has 0 fully saturated rings. The van der Waals surface area contributed by atoms with Crippen LogP contribution in [0.15, 0.2) is 211 Å². The van der Waals surface area contributed by atoms with E-state index < -0.39 is 0 Å². The van der Waals surface area contributed by atoms with Crippen molar-refractivity contribution in [3.63, 3.8) is 0 Å². The standard InChI is InChI=1S/C58H40N4O/c1-37-22-32-48(38(2)59-37)42-23-27-44(28-24-42)56-60-57(62-58(61-56)46-31-33-50-49-20-12-13-21-53(49)63-54(50)36-46)45-29-25-43(26-30-45)55-51(40-16-8-4-9-17-40)34-47(39-14-6-3-7-15-39)35-52(55)41-18-10-5-11-19-41/h3-36H,1-2H3. The number of hydrogen-bond donors (Lipinski definition) is 0. The topological polar surface area (TPSA) is 64.7 Å². The number of aromatic nitrogens is 4. The van der Waals surface area contributed by atoms with E-state index in [1.807, 2.05) is 31.2 Å². The molecule has 0 bridgehead atoms. The zero-order chi connectivity index (χ0) is 42.3. The van der Waals surface area contributed by atoms with Crippen LogP contribution in [0.2, 0.25) is 0 Å². The average Bonchev–Trinajstić information content (AvgIpc) is 3.72. The van der Waals surface area contributed by atoms with Crippen LogP contribution in [0.25, 0.3) is 112 Å². The lowest BCUT2D eigenvalue weighted by Gasteiger charge is -2.19. The van der Waals surface area contributed by atoms with Crippen LogP contribution in [0.3, 0.4) is 0 Å². The number of benzene rings is 8. The number of nitrogens with zero attached hydrogens (tertiary/aromatic N) is 4. The van der Waals surface area contributed by atoms with Crippen LogP contribution in [0.4, 0.5) is 0 Å². The Morgan fingerprint density at radius 2 is 0.762 bits per heavy atom. The van der Waals surface area contributed by atoms with E-state index in [4.69, 9.17) is 24.4 Å². The van der Waals surface area contributed by atoms with Gasteiger partial charge in [0.05, 0.1) is 0 Å². The monoisotopic (exact) mass is 808 g/mol. The third kappa shape index (κ3) is 7.26. The highest BCUT2D eigenvalue weighted by molar-refractivity contribution is 6.06. The van der Waals surface area contributed by atoms with Gasteiger partial charge < -0.3 is 4.42 Å². The predicted molar refractivity (Wildman–Crippen MR) is 258 cm³/mol. The summed E-state index contributed by atoms with van der Waals surface area (Å²) in [7, 11) is 0. The van der Waals surface area contributed by atoms with Crippen molar-refractivity contribution in [2.45, 2.75) is 13.8 Å². The number of aryl methyl sites for hydroxylation is 2. The summed E-state index contributed by atoms with van der Waals surface area (Å²) in [5, 5.41) is 2.13. The minimum Gasteiger partial charge on any atom is -0.456 e. The molecule has 3 heterocycles. The van der Waals surface area contributed by atoms with Crippen molar-refractivity contribution in [1.82, 2.24) is 19.9 Å². The van der Waals surface area contributed by atoms with Crippen LogP contribution in [-0.4, -0.2) is 19.9 Å². The number of hydrogen-bond acceptors (Lipinski definition) is 5. The molecule has 3 aromatic heterocycles. The van der Waals surface area contributed by atoms with Crippen molar-refractivity contribution < 1.29 is 4.42 Å². The number of para-hydroxylation sites is 1. The Bertz CT molecular complexity index is 3370. The lowest BCUT2D eigenvalue weighted by Crippen LogP contribution is -2.00. The molecule has 298 valence electrons. The van der Waals surface area contributed by atoms with Gasteiger partial charge in [0, 0.05) is 44.4 Å². The molecule has 5 nitrogen and oxygen atoms in total. The summed E-state index contributed by atoms with van der Waals surface area (Å²) < 4.78 is 6.31. The molecule has 0 aliphatic rings. The maximum atomic E-state index is 6.31. The third-order valence-electron chi connectivity index (χ3n) is 11.8. The minimum atomic E-state index is 0.568. The summed E-state index contributed by atoms with van der Waals surface area (Å²) in [6.07, 6.45) is 0. The van der Waals surface area contributed by atoms with Gasteiger partial charge in [0.25, 0.3) is 0 Å². The highest BCUT2D eigenvalue weighted by Crippen LogP contribution is 2.44. The largest absolute Gasteiger partial charge is 0.456 e. The van der Waals surface area contributed by atoms with E-state index in [9.17, 15) is 0 Å². The molecule has 5 heteroatoms. The highest BCUT2D eigenvalue weighted by Gasteiger charge is 2.19. The molecular formula is C58H40N4O. The normalized spacial score (nSPS) is 11.3. The van der Waals surface area contributed by atoms with Crippen molar-refractivity contribution in [2.75, 3.05) is 0 Å². The Morgan fingerprint density at radius 1 is 0.302 bits per heavy atom. The molecule has 0 spiro atoms. The molecule has 0 N–H and O–H groups in total. The molecule has 0 aliphatic heterocycles. The Balaban J connectivity index is 1.05. The molecule has 0 amide bonds. The van der Waals surface area contributed by atoms with Gasteiger partial charge in [-0.2, -0.15) is 0 Å². The maximum Gasteiger partial charge on any atom is 0.164 e. The minimum absolute atomic E-state index is 0.568. The first kappa shape index (κ1) is 37.7. The van der Waals surface area contributed by atoms with Crippen molar-refractivity contribution in [2.24, 2.45) is 0 Å². The Morgan fingerprint density at radius 3 is 1.35 bits per heavy atom. The van der Waals surface area contributed by atoms with E-state index in [-0.39, 0.29) is 0 Å². The first-order valence-corrected chi connectivity index (χ1v) is 21.2. The van der Waals surface area contributed by atoms with E-state index >= 15 is 0 Å². The van der Waals surface area contributed by atoms with Gasteiger partial charge in [-0.05, 0) is 100 Å². The summed E-state index contributed by atoms with van der Waals surface area (Å²) in [5.41, 5.74) is 17.7. The van der Waals surface area contributed by atoms with E-state index in [1.54, 1.807) is 0 Å². The van der Waals surface area contributed by atoms with Gasteiger partial charge in [0.1, 0.15) is 11.2 Å². The highest BCUT2D eigenvalue weighted by atomic mass is 16.3. The average molecular weight is 809 g/mol. The lowest BCUT2D eigenvalue weighted by molar-refractivity contribution is 0.669. The van der Waals surface area contributed by atoms with Gasteiger partial charge in [-0.25, -0.2) is 15.0 Å². The molecule has 0 aliphatic carbocycles. The fourth-order valence-electron chi connectivity index (χ4n) is 8.65. The molecule has 0 unspecified atom stereocenters. The van der Waals surface area contributed by atoms with Crippen LogP contribution < -0.4 is 0 Å². The molecule has 0 saturated heterocycles. The smallest absolute Gasteiger partial charge is 0.164 e. The number of furan rings is 1. The van der Waals surface area contributed by atoms with Crippen LogP contribution in [0.1, 0.15) is 11.4 Å². The van der Waals surface area contributed by atoms with Gasteiger partial charge in [-0.15, -0.1) is 0 Å². The predicted octanol–water partition coefficient (Wildman–Crippen LogP) is 15.1. The lowest BCUT2D eigenvalue weighted by atomic mass is 9.84. The Hall–Kier alpha value is -8.28. The molecule has 0 atom stereocenters. The quantitative estimate of drug-likeness (QED) is 0.153. The maximum absolute atomic E-state index is 6.31. The Kier molecular flexibility index (Phi) is 9.55. The summed E-state index contributed by atoms with van der Waals surface area (Å²) in [4.78, 5) is 20.1. The van der Waals surface area contributed by atoms with Crippen LogP contribution in [0.5, 0.6) is 0 Å². The van der Waals surface area contributed by atoms with Gasteiger partial charge in [-0.3, -0.25) is 4.98 Å². The zero-order valence-corrected chi connectivity index (χ0v) is 34.8. The summed E-state index contributed by atoms with van der Waals surface area (Å²) in [6, 6.07) is 72.2. The van der Waals surface area contributed by atoms with E-state index in [1.165, 1.54) is 11.1 Å². The molecule has 8 aromatic carbocycles. The van der Waals surface area contributed by atoms with Crippen LogP contribution >= 0.6 is 0 Å². The van der Waals surface area contributed by atoms with Crippen LogP contribution in [0, 0.1) is 13.8 Å². The SMILES string of the molecule is Cc1ccc(-c2ccc(-c3nc(-c4ccc(-c5c(-c6ccccc6)cc(-c6ccccc6)cc5-c5ccccc5)cc4)nc(-c4ccc5c(c4)oc4ccccc45)n3)cc2)c(C)n1. The van der Waals surface area contributed by atoms with E-state index in [0.29, 0.717) is 17.5 Å². The summed E-state index contributed by atoms with van der Waals surface area (Å²) >= 11 is 0. The summed E-state index contributed by atoms with van der Waals surface area (Å²) in [5.74, 6) is 1.74. The second kappa shape index (κ2) is 16.0. The molecule has 0 radical (unpaired) electrons. The Labute approximate surface area is 366 Å². The van der Waals surface area contributed by atoms with Gasteiger partial charge >= 0.3 is 0 Å². The van der Waals surface area contributed by atoms with Crippen molar-refractivity contribution in [3.05, 3.63) is 218 Å². The molecule has 11 rings (SSSR count). The second-order valence-electron chi connectivity index (χ2n) is 15.9. The fourth-order valence-corrected chi connectivity index (χ4v) is 8.65. The first-order valence-electron chi connectivity index (χ1n) is 21.2. The van der Waals surface area contributed by atoms with E-state index in [0.717, 1.165) is 94.5 Å². The van der Waals surface area contributed by atoms with Gasteiger partial charge in [0.15, 0.2) is 17.5 Å². The van der Waals surface area contributed by atoms with Crippen molar-refractivity contribution in [1.29, 1.82) is 0 Å². The van der Waals surface area contributed by atoms with Crippen molar-refractivity contribution in [3.8, 4) is 89.8 Å². The molecule has 63 heavy (non-hydrogen) atoms. The molecule has 11 aromatic rings. The van der Waals surface area contributed by atoms with Crippen molar-refractivity contribution >= 4 is 21.9 Å². The fraction of sp³-hybridized carbons (Fsp3) is 0.0345. The van der Waals surface area contributed by atoms with Gasteiger partial charge in [0.2, 0.25) is 0 Å². The zero-order valence-electron chi connectivity index (χ0n) is 34.8.